The fourth-order valence-corrected chi connectivity index (χ4v) is 3.06. The zero-order valence-corrected chi connectivity index (χ0v) is 16.9. The highest BCUT2D eigenvalue weighted by atomic mass is 35.5. The number of aliphatic hydroxyl groups is 1. The van der Waals surface area contributed by atoms with Crippen LogP contribution in [-0.4, -0.2) is 33.2 Å². The lowest BCUT2D eigenvalue weighted by molar-refractivity contribution is 0.292. The molecular weight excluding hydrogens is 411 g/mol. The summed E-state index contributed by atoms with van der Waals surface area (Å²) in [6.45, 7) is 0.583. The quantitative estimate of drug-likeness (QED) is 0.461. The first-order chi connectivity index (χ1) is 14.1. The first kappa shape index (κ1) is 20.8. The molecule has 0 saturated heterocycles. The number of aromatic nitrogens is 3. The lowest BCUT2D eigenvalue weighted by atomic mass is 10.1. The summed E-state index contributed by atoms with van der Waals surface area (Å²) in [5.41, 5.74) is 2.03. The standard InChI is InChI=1S/C20H18Cl2N6O/c21-16-3-1-4-17(22)15(16)11-18-26-19(24-9-2-10-29)28-20(27-18)25-14-7-5-13(12-23)6-8-14/h1,3-8,29H,2,9-11H2,(H2,24,25,26,27,28). The number of rotatable bonds is 8. The van der Waals surface area contributed by atoms with E-state index in [0.717, 1.165) is 11.3 Å². The Morgan fingerprint density at radius 3 is 2.31 bits per heavy atom. The van der Waals surface area contributed by atoms with Gasteiger partial charge in [0, 0.05) is 35.3 Å². The van der Waals surface area contributed by atoms with Gasteiger partial charge in [-0.3, -0.25) is 0 Å². The summed E-state index contributed by atoms with van der Waals surface area (Å²) in [5, 5.41) is 25.2. The molecule has 0 aliphatic rings. The van der Waals surface area contributed by atoms with Crippen molar-refractivity contribution in [2.24, 2.45) is 0 Å². The number of aliphatic hydroxyl groups excluding tert-OH is 1. The minimum Gasteiger partial charge on any atom is -0.396 e. The molecule has 0 fully saturated rings. The van der Waals surface area contributed by atoms with Crippen molar-refractivity contribution in [1.29, 1.82) is 5.26 Å². The molecule has 2 aromatic carbocycles. The number of hydrogen-bond donors (Lipinski definition) is 3. The van der Waals surface area contributed by atoms with E-state index < -0.39 is 0 Å². The summed E-state index contributed by atoms with van der Waals surface area (Å²) >= 11 is 12.6. The van der Waals surface area contributed by atoms with E-state index in [1.807, 2.05) is 0 Å². The topological polar surface area (TPSA) is 107 Å². The Morgan fingerprint density at radius 2 is 1.66 bits per heavy atom. The van der Waals surface area contributed by atoms with E-state index in [9.17, 15) is 0 Å². The number of benzene rings is 2. The molecule has 3 N–H and O–H groups in total. The zero-order valence-electron chi connectivity index (χ0n) is 15.4. The van der Waals surface area contributed by atoms with E-state index in [-0.39, 0.29) is 6.61 Å². The predicted molar refractivity (Wildman–Crippen MR) is 114 cm³/mol. The molecule has 0 aliphatic heterocycles. The first-order valence-electron chi connectivity index (χ1n) is 8.89. The van der Waals surface area contributed by atoms with Crippen LogP contribution in [0, 0.1) is 11.3 Å². The third kappa shape index (κ3) is 5.78. The van der Waals surface area contributed by atoms with Crippen LogP contribution in [0.4, 0.5) is 17.6 Å². The van der Waals surface area contributed by atoms with Crippen molar-refractivity contribution in [2.45, 2.75) is 12.8 Å². The number of anilines is 3. The van der Waals surface area contributed by atoms with Crippen LogP contribution >= 0.6 is 23.2 Å². The predicted octanol–water partition coefficient (Wildman–Crippen LogP) is 4.18. The van der Waals surface area contributed by atoms with Gasteiger partial charge in [0.05, 0.1) is 11.6 Å². The van der Waals surface area contributed by atoms with Gasteiger partial charge < -0.3 is 15.7 Å². The van der Waals surface area contributed by atoms with Crippen molar-refractivity contribution in [3.05, 3.63) is 69.5 Å². The number of nitriles is 1. The van der Waals surface area contributed by atoms with E-state index >= 15 is 0 Å². The van der Waals surface area contributed by atoms with Gasteiger partial charge in [0.25, 0.3) is 0 Å². The number of nitrogens with zero attached hydrogens (tertiary/aromatic N) is 4. The molecular formula is C20H18Cl2N6O. The van der Waals surface area contributed by atoms with E-state index in [1.54, 1.807) is 42.5 Å². The van der Waals surface area contributed by atoms with Gasteiger partial charge in [0.15, 0.2) is 0 Å². The highest BCUT2D eigenvalue weighted by Crippen LogP contribution is 2.26. The van der Waals surface area contributed by atoms with Gasteiger partial charge in [-0.2, -0.15) is 20.2 Å². The third-order valence-electron chi connectivity index (χ3n) is 3.97. The monoisotopic (exact) mass is 428 g/mol. The van der Waals surface area contributed by atoms with Gasteiger partial charge in [-0.15, -0.1) is 0 Å². The number of nitrogens with one attached hydrogen (secondary N) is 2. The fourth-order valence-electron chi connectivity index (χ4n) is 2.53. The minimum atomic E-state index is 0.0660. The smallest absolute Gasteiger partial charge is 0.232 e. The highest BCUT2D eigenvalue weighted by Gasteiger charge is 2.12. The molecule has 0 bridgehead atoms. The lowest BCUT2D eigenvalue weighted by Crippen LogP contribution is -2.12. The molecule has 29 heavy (non-hydrogen) atoms. The molecule has 0 radical (unpaired) electrons. The van der Waals surface area contributed by atoms with Crippen molar-refractivity contribution >= 4 is 40.8 Å². The molecule has 9 heteroatoms. The van der Waals surface area contributed by atoms with Crippen molar-refractivity contribution in [2.75, 3.05) is 23.8 Å². The molecule has 0 aliphatic carbocycles. The van der Waals surface area contributed by atoms with Crippen LogP contribution in [0.3, 0.4) is 0 Å². The Balaban J connectivity index is 1.89. The normalized spacial score (nSPS) is 10.4. The number of halogens is 2. The van der Waals surface area contributed by atoms with Crippen LogP contribution in [0.5, 0.6) is 0 Å². The summed E-state index contributed by atoms with van der Waals surface area (Å²) in [7, 11) is 0. The zero-order chi connectivity index (χ0) is 20.6. The molecule has 1 aromatic heterocycles. The summed E-state index contributed by atoms with van der Waals surface area (Å²) in [5.74, 6) is 1.20. The molecule has 0 unspecified atom stereocenters. The Bertz CT molecular complexity index is 1000. The Labute approximate surface area is 178 Å². The van der Waals surface area contributed by atoms with Gasteiger partial charge in [-0.05, 0) is 48.4 Å². The SMILES string of the molecule is N#Cc1ccc(Nc2nc(Cc3c(Cl)cccc3Cl)nc(NCCCO)n2)cc1. The van der Waals surface area contributed by atoms with Crippen LogP contribution < -0.4 is 10.6 Å². The van der Waals surface area contributed by atoms with Crippen LogP contribution in [0.2, 0.25) is 10.0 Å². The average molecular weight is 429 g/mol. The third-order valence-corrected chi connectivity index (χ3v) is 4.67. The molecule has 148 valence electrons. The second-order valence-electron chi connectivity index (χ2n) is 6.09. The lowest BCUT2D eigenvalue weighted by Gasteiger charge is -2.11. The Kier molecular flexibility index (Phi) is 7.19. The van der Waals surface area contributed by atoms with Crippen molar-refractivity contribution < 1.29 is 5.11 Å². The van der Waals surface area contributed by atoms with Crippen LogP contribution in [0.25, 0.3) is 0 Å². The van der Waals surface area contributed by atoms with Crippen molar-refractivity contribution in [3.63, 3.8) is 0 Å². The van der Waals surface area contributed by atoms with E-state index in [1.165, 1.54) is 0 Å². The molecule has 3 aromatic rings. The largest absolute Gasteiger partial charge is 0.396 e. The first-order valence-corrected chi connectivity index (χ1v) is 9.64. The summed E-state index contributed by atoms with van der Waals surface area (Å²) < 4.78 is 0. The molecule has 0 amide bonds. The summed E-state index contributed by atoms with van der Waals surface area (Å²) in [6, 6.07) is 14.3. The second kappa shape index (κ2) is 10.0. The number of hydrogen-bond acceptors (Lipinski definition) is 7. The fraction of sp³-hybridized carbons (Fsp3) is 0.200. The van der Waals surface area contributed by atoms with E-state index in [0.29, 0.717) is 52.7 Å². The van der Waals surface area contributed by atoms with Gasteiger partial charge in [0.1, 0.15) is 5.82 Å². The van der Waals surface area contributed by atoms with Crippen LogP contribution in [0.15, 0.2) is 42.5 Å². The second-order valence-corrected chi connectivity index (χ2v) is 6.91. The van der Waals surface area contributed by atoms with Crippen LogP contribution in [0.1, 0.15) is 23.4 Å². The van der Waals surface area contributed by atoms with Gasteiger partial charge >= 0.3 is 0 Å². The summed E-state index contributed by atoms with van der Waals surface area (Å²) in [4.78, 5) is 13.3. The highest BCUT2D eigenvalue weighted by molar-refractivity contribution is 6.36. The maximum absolute atomic E-state index is 8.99. The maximum atomic E-state index is 8.99. The Morgan fingerprint density at radius 1 is 0.966 bits per heavy atom. The summed E-state index contributed by atoms with van der Waals surface area (Å²) in [6.07, 6.45) is 0.896. The molecule has 0 saturated carbocycles. The van der Waals surface area contributed by atoms with E-state index in [2.05, 4.69) is 31.7 Å². The minimum absolute atomic E-state index is 0.0660. The molecule has 3 rings (SSSR count). The maximum Gasteiger partial charge on any atom is 0.232 e. The average Bonchev–Trinajstić information content (AvgIpc) is 2.72. The molecule has 7 nitrogen and oxygen atoms in total. The van der Waals surface area contributed by atoms with E-state index in [4.69, 9.17) is 33.6 Å². The molecule has 0 spiro atoms. The molecule has 1 heterocycles. The van der Waals surface area contributed by atoms with Gasteiger partial charge in [-0.1, -0.05) is 29.3 Å². The van der Waals surface area contributed by atoms with Gasteiger partial charge in [-0.25, -0.2) is 0 Å². The molecule has 0 atom stereocenters. The van der Waals surface area contributed by atoms with Crippen molar-refractivity contribution in [3.8, 4) is 6.07 Å². The van der Waals surface area contributed by atoms with Crippen LogP contribution in [-0.2, 0) is 6.42 Å². The van der Waals surface area contributed by atoms with Gasteiger partial charge in [0.2, 0.25) is 11.9 Å². The van der Waals surface area contributed by atoms with Crippen molar-refractivity contribution in [1.82, 2.24) is 15.0 Å². The Hall–Kier alpha value is -2.92.